The van der Waals surface area contributed by atoms with Gasteiger partial charge in [-0.05, 0) is 103 Å². The Hall–Kier alpha value is -3.44. The van der Waals surface area contributed by atoms with E-state index in [-0.39, 0.29) is 25.2 Å². The van der Waals surface area contributed by atoms with Crippen molar-refractivity contribution in [3.8, 4) is 0 Å². The summed E-state index contributed by atoms with van der Waals surface area (Å²) in [6, 6.07) is 0. The SMILES string of the molecule is CC/C=C\C/C=C\C/C=C\C/C=C\C/C=C\C/C=C\CCCCCCCCCCCCCCC(=O)OC(CO)COC(=O)CCCCCCCCCCCCCCCCCCCCCCCC/C=C\C/C=C\C/C=C\CCCCCCC. The zero-order valence-corrected chi connectivity index (χ0v) is 54.2. The summed E-state index contributed by atoms with van der Waals surface area (Å²) in [6.45, 7) is 4.05. The van der Waals surface area contributed by atoms with Crippen LogP contribution in [0.3, 0.4) is 0 Å². The lowest BCUT2D eigenvalue weighted by molar-refractivity contribution is -0.161. The van der Waals surface area contributed by atoms with Crippen LogP contribution in [0.15, 0.2) is 109 Å². The molecule has 0 aliphatic heterocycles. The van der Waals surface area contributed by atoms with Crippen LogP contribution in [0.4, 0.5) is 0 Å². The molecule has 0 spiro atoms. The smallest absolute Gasteiger partial charge is 0.306 e. The average Bonchev–Trinajstić information content (AvgIpc) is 3.49. The maximum atomic E-state index is 12.4. The van der Waals surface area contributed by atoms with Gasteiger partial charge in [0.25, 0.3) is 0 Å². The monoisotopic (exact) mass is 1140 g/mol. The first kappa shape index (κ1) is 78.6. The number of aliphatic hydroxyl groups excluding tert-OH is 1. The molecule has 472 valence electrons. The maximum absolute atomic E-state index is 12.4. The van der Waals surface area contributed by atoms with E-state index in [0.717, 1.165) is 89.9 Å². The third-order valence-corrected chi connectivity index (χ3v) is 15.6. The lowest BCUT2D eigenvalue weighted by Crippen LogP contribution is -2.28. The molecule has 0 aliphatic rings. The van der Waals surface area contributed by atoms with E-state index in [1.54, 1.807) is 0 Å². The number of aliphatic hydroxyl groups is 1. The second-order valence-corrected chi connectivity index (χ2v) is 23.6. The minimum Gasteiger partial charge on any atom is -0.462 e. The van der Waals surface area contributed by atoms with Crippen molar-refractivity contribution in [2.75, 3.05) is 13.2 Å². The number of ether oxygens (including phenoxy) is 2. The van der Waals surface area contributed by atoms with Gasteiger partial charge in [0.2, 0.25) is 0 Å². The van der Waals surface area contributed by atoms with E-state index in [4.69, 9.17) is 9.47 Å². The van der Waals surface area contributed by atoms with E-state index in [2.05, 4.69) is 123 Å². The number of hydrogen-bond acceptors (Lipinski definition) is 5. The molecule has 5 nitrogen and oxygen atoms in total. The second-order valence-electron chi connectivity index (χ2n) is 23.6. The Morgan fingerprint density at radius 1 is 0.293 bits per heavy atom. The average molecular weight is 1140 g/mol. The zero-order valence-electron chi connectivity index (χ0n) is 54.2. The molecule has 0 aliphatic carbocycles. The van der Waals surface area contributed by atoms with Crippen molar-refractivity contribution in [3.05, 3.63) is 109 Å². The standard InChI is InChI=1S/C77H134O5/c1-3-5-7-9-11-13-15-17-19-21-23-25-27-29-31-33-35-36-37-38-39-40-42-43-45-47-49-51-53-55-57-59-61-63-65-67-69-71-76(79)81-74-75(73-78)82-77(80)72-70-68-66-64-62-60-58-56-54-52-50-48-46-44-41-34-32-30-28-26-24-22-20-18-16-14-12-10-8-6-4-2/h6,8,12,14-15,17-18,20-21,23-24,26-27,29-30,32,41,44,75,78H,3-5,7,9-11,13,16,19,22,25,28,31,33-40,42-43,45-74H2,1-2H3/b8-6-,14-12-,17-15-,20-18-,23-21-,26-24-,29-27-,32-30-,44-41-. The van der Waals surface area contributed by atoms with Gasteiger partial charge in [0.15, 0.2) is 6.10 Å². The highest BCUT2D eigenvalue weighted by atomic mass is 16.6. The van der Waals surface area contributed by atoms with E-state index in [0.29, 0.717) is 12.8 Å². The van der Waals surface area contributed by atoms with Crippen molar-refractivity contribution in [1.82, 2.24) is 0 Å². The Kier molecular flexibility index (Phi) is 68.8. The van der Waals surface area contributed by atoms with E-state index in [1.807, 2.05) is 0 Å². The minimum absolute atomic E-state index is 0.0675. The topological polar surface area (TPSA) is 72.8 Å². The normalized spacial score (nSPS) is 12.9. The Morgan fingerprint density at radius 3 is 0.793 bits per heavy atom. The van der Waals surface area contributed by atoms with Crippen LogP contribution in [0.2, 0.25) is 0 Å². The van der Waals surface area contributed by atoms with Crippen LogP contribution in [-0.4, -0.2) is 36.4 Å². The van der Waals surface area contributed by atoms with Gasteiger partial charge in [-0.15, -0.1) is 0 Å². The summed E-state index contributed by atoms with van der Waals surface area (Å²) in [5.74, 6) is -0.582. The van der Waals surface area contributed by atoms with Gasteiger partial charge in [-0.2, -0.15) is 0 Å². The fourth-order valence-electron chi connectivity index (χ4n) is 10.3. The van der Waals surface area contributed by atoms with E-state index in [1.165, 1.54) is 231 Å². The summed E-state index contributed by atoms with van der Waals surface area (Å²) in [4.78, 5) is 24.7. The molecule has 0 fully saturated rings. The van der Waals surface area contributed by atoms with Crippen molar-refractivity contribution < 1.29 is 24.2 Å². The lowest BCUT2D eigenvalue weighted by atomic mass is 10.0. The predicted octanol–water partition coefficient (Wildman–Crippen LogP) is 24.8. The first-order valence-electron chi connectivity index (χ1n) is 35.4. The number of rotatable bonds is 65. The van der Waals surface area contributed by atoms with Crippen molar-refractivity contribution in [2.45, 2.75) is 354 Å². The fraction of sp³-hybridized carbons (Fsp3) is 0.740. The van der Waals surface area contributed by atoms with E-state index >= 15 is 0 Å². The van der Waals surface area contributed by atoms with Gasteiger partial charge in [-0.3, -0.25) is 9.59 Å². The van der Waals surface area contributed by atoms with Crippen LogP contribution in [0.25, 0.3) is 0 Å². The third kappa shape index (κ3) is 69.1. The molecule has 0 saturated carbocycles. The molecule has 1 unspecified atom stereocenters. The maximum Gasteiger partial charge on any atom is 0.306 e. The Balaban J connectivity index is 3.45. The molecule has 0 aromatic heterocycles. The summed E-state index contributed by atoms with van der Waals surface area (Å²) in [6.07, 6.45) is 104. The number of hydrogen-bond donors (Lipinski definition) is 1. The number of allylic oxidation sites excluding steroid dienone is 18. The molecule has 0 heterocycles. The molecule has 0 aromatic rings. The molecule has 5 heteroatoms. The van der Waals surface area contributed by atoms with Gasteiger partial charge in [-0.1, -0.05) is 342 Å². The first-order valence-corrected chi connectivity index (χ1v) is 35.4. The molecule has 0 saturated heterocycles. The van der Waals surface area contributed by atoms with Crippen LogP contribution in [-0.2, 0) is 19.1 Å². The Labute approximate surface area is 510 Å². The fourth-order valence-corrected chi connectivity index (χ4v) is 10.3. The summed E-state index contributed by atoms with van der Waals surface area (Å²) < 4.78 is 10.8. The van der Waals surface area contributed by atoms with Crippen LogP contribution in [0, 0.1) is 0 Å². The third-order valence-electron chi connectivity index (χ3n) is 15.6. The van der Waals surface area contributed by atoms with Crippen LogP contribution >= 0.6 is 0 Å². The molecular formula is C77H134O5. The van der Waals surface area contributed by atoms with Crippen molar-refractivity contribution in [2.24, 2.45) is 0 Å². The van der Waals surface area contributed by atoms with Crippen LogP contribution in [0.5, 0.6) is 0 Å². The number of carbonyl (C=O) groups is 2. The molecule has 1 N–H and O–H groups in total. The van der Waals surface area contributed by atoms with Crippen LogP contribution in [0.1, 0.15) is 348 Å². The molecule has 0 aromatic carbocycles. The second kappa shape index (κ2) is 71.8. The number of carbonyl (C=O) groups excluding carboxylic acids is 2. The van der Waals surface area contributed by atoms with Gasteiger partial charge in [0.1, 0.15) is 6.61 Å². The quantitative estimate of drug-likeness (QED) is 0.0373. The van der Waals surface area contributed by atoms with E-state index < -0.39 is 6.10 Å². The summed E-state index contributed by atoms with van der Waals surface area (Å²) in [5, 5.41) is 9.71. The molecular weight excluding hydrogens is 1000 g/mol. The van der Waals surface area contributed by atoms with Crippen molar-refractivity contribution in [1.29, 1.82) is 0 Å². The number of unbranched alkanes of at least 4 members (excludes halogenated alkanes) is 39. The van der Waals surface area contributed by atoms with Crippen LogP contribution < -0.4 is 0 Å². The summed E-state index contributed by atoms with van der Waals surface area (Å²) in [7, 11) is 0. The van der Waals surface area contributed by atoms with Gasteiger partial charge in [0, 0.05) is 12.8 Å². The molecule has 0 amide bonds. The molecule has 0 bridgehead atoms. The Morgan fingerprint density at radius 2 is 0.524 bits per heavy atom. The van der Waals surface area contributed by atoms with Crippen molar-refractivity contribution in [3.63, 3.8) is 0 Å². The summed E-state index contributed by atoms with van der Waals surface area (Å²) >= 11 is 0. The zero-order chi connectivity index (χ0) is 59.1. The van der Waals surface area contributed by atoms with Gasteiger partial charge in [-0.25, -0.2) is 0 Å². The van der Waals surface area contributed by atoms with Gasteiger partial charge < -0.3 is 14.6 Å². The molecule has 0 rings (SSSR count). The highest BCUT2D eigenvalue weighted by Gasteiger charge is 2.16. The van der Waals surface area contributed by atoms with Gasteiger partial charge in [0.05, 0.1) is 6.61 Å². The van der Waals surface area contributed by atoms with E-state index in [9.17, 15) is 14.7 Å². The number of esters is 2. The first-order chi connectivity index (χ1) is 40.6. The highest BCUT2D eigenvalue weighted by Crippen LogP contribution is 2.18. The lowest BCUT2D eigenvalue weighted by Gasteiger charge is -2.15. The van der Waals surface area contributed by atoms with Crippen molar-refractivity contribution >= 4 is 11.9 Å². The molecule has 82 heavy (non-hydrogen) atoms. The highest BCUT2D eigenvalue weighted by molar-refractivity contribution is 5.70. The minimum atomic E-state index is -0.779. The predicted molar refractivity (Wildman–Crippen MR) is 362 cm³/mol. The largest absolute Gasteiger partial charge is 0.462 e. The summed E-state index contributed by atoms with van der Waals surface area (Å²) in [5.41, 5.74) is 0. The Bertz CT molecular complexity index is 1570. The molecule has 0 radical (unpaired) electrons. The van der Waals surface area contributed by atoms with Gasteiger partial charge >= 0.3 is 11.9 Å². The molecule has 1 atom stereocenters.